The first-order valence-electron chi connectivity index (χ1n) is 5.55. The molecule has 0 spiro atoms. The summed E-state index contributed by atoms with van der Waals surface area (Å²) in [5, 5.41) is 0. The molecule has 0 bridgehead atoms. The number of rotatable bonds is 8. The Bertz CT molecular complexity index is 297. The molecular formula is C10H18F3N3OS. The highest BCUT2D eigenvalue weighted by atomic mass is 32.1. The summed E-state index contributed by atoms with van der Waals surface area (Å²) in [6.45, 7) is 1.60. The van der Waals surface area contributed by atoms with Gasteiger partial charge in [-0.25, -0.2) is 0 Å². The van der Waals surface area contributed by atoms with Crippen LogP contribution in [0.5, 0.6) is 0 Å². The minimum absolute atomic E-state index is 0.227. The van der Waals surface area contributed by atoms with Gasteiger partial charge in [0, 0.05) is 6.54 Å². The van der Waals surface area contributed by atoms with E-state index in [2.05, 4.69) is 12.2 Å². The maximum Gasteiger partial charge on any atom is 0.399 e. The Hall–Kier alpha value is -0.890. The van der Waals surface area contributed by atoms with Gasteiger partial charge >= 0.3 is 6.18 Å². The summed E-state index contributed by atoms with van der Waals surface area (Å²) >= 11 is 4.42. The van der Waals surface area contributed by atoms with Crippen molar-refractivity contribution < 1.29 is 18.0 Å². The van der Waals surface area contributed by atoms with Crippen molar-refractivity contribution in [3.63, 3.8) is 0 Å². The predicted octanol–water partition coefficient (Wildman–Crippen LogP) is 1.04. The van der Waals surface area contributed by atoms with E-state index in [4.69, 9.17) is 11.5 Å². The second-order valence-corrected chi connectivity index (χ2v) is 4.52. The monoisotopic (exact) mass is 285 g/mol. The van der Waals surface area contributed by atoms with Crippen LogP contribution in [0.2, 0.25) is 0 Å². The topological polar surface area (TPSA) is 72.3 Å². The first-order valence-corrected chi connectivity index (χ1v) is 5.96. The minimum atomic E-state index is -4.51. The van der Waals surface area contributed by atoms with Gasteiger partial charge < -0.3 is 11.5 Å². The zero-order valence-corrected chi connectivity index (χ0v) is 11.0. The number of nitrogens with zero attached hydrogens (tertiary/aromatic N) is 1. The van der Waals surface area contributed by atoms with Gasteiger partial charge in [-0.05, 0) is 13.0 Å². The summed E-state index contributed by atoms with van der Waals surface area (Å²) in [6.07, 6.45) is -3.03. The van der Waals surface area contributed by atoms with E-state index in [-0.39, 0.29) is 6.54 Å². The third-order valence-electron chi connectivity index (χ3n) is 2.39. The van der Waals surface area contributed by atoms with Crippen LogP contribution in [-0.2, 0) is 4.79 Å². The van der Waals surface area contributed by atoms with Crippen LogP contribution in [0.3, 0.4) is 0 Å². The smallest absolute Gasteiger partial charge is 0.393 e. The third kappa shape index (κ3) is 6.75. The van der Waals surface area contributed by atoms with Crippen molar-refractivity contribution in [1.82, 2.24) is 4.90 Å². The second-order valence-electron chi connectivity index (χ2n) is 4.05. The molecule has 1 unspecified atom stereocenters. The molecule has 0 rings (SSSR count). The number of hydrogen-bond donors (Lipinski definition) is 2. The third-order valence-corrected chi connectivity index (χ3v) is 2.67. The van der Waals surface area contributed by atoms with Crippen molar-refractivity contribution in [1.29, 1.82) is 0 Å². The van der Waals surface area contributed by atoms with Crippen LogP contribution in [-0.4, -0.2) is 41.6 Å². The lowest BCUT2D eigenvalue weighted by Gasteiger charge is -2.27. The van der Waals surface area contributed by atoms with Gasteiger partial charge in [-0.3, -0.25) is 9.69 Å². The molecule has 0 aromatic heterocycles. The molecule has 0 saturated carbocycles. The molecule has 0 aromatic rings. The van der Waals surface area contributed by atoms with E-state index < -0.39 is 29.5 Å². The molecule has 4 nitrogen and oxygen atoms in total. The number of thiocarbonyl (C=S) groups is 1. The number of halogens is 3. The molecule has 0 radical (unpaired) electrons. The number of carbonyl (C=O) groups excluding carboxylic acids is 1. The van der Waals surface area contributed by atoms with E-state index in [1.165, 1.54) is 4.90 Å². The van der Waals surface area contributed by atoms with Gasteiger partial charge in [0.15, 0.2) is 0 Å². The average Bonchev–Trinajstić information content (AvgIpc) is 2.18. The standard InChI is InChI=1S/C10H18F3N3OS/c1-2-3-4-16(6-8(14)17)5-7(9(15)18)10(11,12)13/h7H,2-6H2,1H3,(H2,14,17)(H2,15,18). The quantitative estimate of drug-likeness (QED) is 0.654. The molecule has 0 saturated heterocycles. The number of alkyl halides is 3. The van der Waals surface area contributed by atoms with Crippen LogP contribution in [0.4, 0.5) is 13.2 Å². The molecule has 8 heteroatoms. The van der Waals surface area contributed by atoms with E-state index in [1.54, 1.807) is 0 Å². The predicted molar refractivity (Wildman–Crippen MR) is 66.9 cm³/mol. The first-order chi connectivity index (χ1) is 8.18. The summed E-state index contributed by atoms with van der Waals surface area (Å²) in [6, 6.07) is 0. The van der Waals surface area contributed by atoms with Crippen LogP contribution in [0.1, 0.15) is 19.8 Å². The summed E-state index contributed by atoms with van der Waals surface area (Å²) in [5.41, 5.74) is 10.1. The Morgan fingerprint density at radius 1 is 1.39 bits per heavy atom. The molecule has 4 N–H and O–H groups in total. The van der Waals surface area contributed by atoms with E-state index in [0.717, 1.165) is 6.42 Å². The fourth-order valence-electron chi connectivity index (χ4n) is 1.45. The largest absolute Gasteiger partial charge is 0.399 e. The van der Waals surface area contributed by atoms with Gasteiger partial charge in [-0.15, -0.1) is 0 Å². The maximum atomic E-state index is 12.7. The Balaban J connectivity index is 4.69. The Morgan fingerprint density at radius 2 is 1.94 bits per heavy atom. The molecular weight excluding hydrogens is 267 g/mol. The van der Waals surface area contributed by atoms with E-state index in [0.29, 0.717) is 13.0 Å². The van der Waals surface area contributed by atoms with Crippen molar-refractivity contribution in [3.05, 3.63) is 0 Å². The Kier molecular flexibility index (Phi) is 7.15. The SMILES string of the molecule is CCCCN(CC(N)=O)CC(C(N)=S)C(F)(F)F. The summed E-state index contributed by atoms with van der Waals surface area (Å²) in [5.74, 6) is -2.58. The summed E-state index contributed by atoms with van der Waals surface area (Å²) < 4.78 is 38.0. The van der Waals surface area contributed by atoms with Crippen molar-refractivity contribution in [2.75, 3.05) is 19.6 Å². The van der Waals surface area contributed by atoms with Gasteiger partial charge in [0.1, 0.15) is 5.92 Å². The summed E-state index contributed by atoms with van der Waals surface area (Å²) in [7, 11) is 0. The van der Waals surface area contributed by atoms with Gasteiger partial charge in [-0.1, -0.05) is 25.6 Å². The first kappa shape index (κ1) is 17.1. The van der Waals surface area contributed by atoms with E-state index >= 15 is 0 Å². The number of hydrogen-bond acceptors (Lipinski definition) is 3. The molecule has 0 aliphatic rings. The average molecular weight is 285 g/mol. The molecule has 106 valence electrons. The van der Waals surface area contributed by atoms with Crippen molar-refractivity contribution in [2.24, 2.45) is 17.4 Å². The molecule has 1 atom stereocenters. The van der Waals surface area contributed by atoms with Gasteiger partial charge in [0.05, 0.1) is 11.5 Å². The fourth-order valence-corrected chi connectivity index (χ4v) is 1.66. The lowest BCUT2D eigenvalue weighted by atomic mass is 10.1. The van der Waals surface area contributed by atoms with Crippen LogP contribution in [0.25, 0.3) is 0 Å². The maximum absolute atomic E-state index is 12.7. The van der Waals surface area contributed by atoms with Crippen molar-refractivity contribution >= 4 is 23.1 Å². The number of unbranched alkanes of at least 4 members (excludes halogenated alkanes) is 1. The molecule has 18 heavy (non-hydrogen) atoms. The number of nitrogens with two attached hydrogens (primary N) is 2. The highest BCUT2D eigenvalue weighted by molar-refractivity contribution is 7.80. The molecule has 1 amide bonds. The Morgan fingerprint density at radius 3 is 2.28 bits per heavy atom. The van der Waals surface area contributed by atoms with Gasteiger partial charge in [0.2, 0.25) is 5.91 Å². The summed E-state index contributed by atoms with van der Waals surface area (Å²) in [4.78, 5) is 11.5. The second kappa shape index (κ2) is 7.52. The highest BCUT2D eigenvalue weighted by Crippen LogP contribution is 2.27. The van der Waals surface area contributed by atoms with Crippen LogP contribution < -0.4 is 11.5 Å². The van der Waals surface area contributed by atoms with Gasteiger partial charge in [-0.2, -0.15) is 13.2 Å². The zero-order valence-electron chi connectivity index (χ0n) is 10.2. The van der Waals surface area contributed by atoms with E-state index in [1.807, 2.05) is 6.92 Å². The van der Waals surface area contributed by atoms with Crippen molar-refractivity contribution in [2.45, 2.75) is 25.9 Å². The normalized spacial score (nSPS) is 13.6. The minimum Gasteiger partial charge on any atom is -0.393 e. The molecule has 0 heterocycles. The lowest BCUT2D eigenvalue weighted by Crippen LogP contribution is -2.46. The van der Waals surface area contributed by atoms with Gasteiger partial charge in [0.25, 0.3) is 0 Å². The van der Waals surface area contributed by atoms with Crippen LogP contribution in [0.15, 0.2) is 0 Å². The molecule has 0 aliphatic carbocycles. The van der Waals surface area contributed by atoms with Crippen LogP contribution in [0, 0.1) is 5.92 Å². The van der Waals surface area contributed by atoms with Crippen molar-refractivity contribution in [3.8, 4) is 0 Å². The Labute approximate surface area is 109 Å². The molecule has 0 aromatic carbocycles. The fraction of sp³-hybridized carbons (Fsp3) is 0.800. The lowest BCUT2D eigenvalue weighted by molar-refractivity contribution is -0.160. The highest BCUT2D eigenvalue weighted by Gasteiger charge is 2.42. The zero-order chi connectivity index (χ0) is 14.3. The molecule has 0 aliphatic heterocycles. The number of carbonyl (C=O) groups is 1. The van der Waals surface area contributed by atoms with E-state index in [9.17, 15) is 18.0 Å². The number of primary amides is 1. The number of amides is 1. The molecule has 0 fully saturated rings. The van der Waals surface area contributed by atoms with Crippen LogP contribution >= 0.6 is 12.2 Å².